The van der Waals surface area contributed by atoms with Crippen molar-refractivity contribution in [3.63, 3.8) is 0 Å². The first-order valence-electron chi connectivity index (χ1n) is 23.7. The van der Waals surface area contributed by atoms with Gasteiger partial charge in [0.15, 0.2) is 0 Å². The van der Waals surface area contributed by atoms with Crippen LogP contribution in [0, 0.1) is 0 Å². The molecular weight excluding hydrogens is 831 g/mol. The SMILES string of the molecule is c1ccc(-c2ccc(-c3ccc(N(c4ccc(-c5ccc(-c6ccccc6)cc5-c5ccccc5)cc4)c4cccc5c(-c6ccccc6)c(-c6ccccc6)c6ccccc6c45)cc3)cc2)cc1. The van der Waals surface area contributed by atoms with Crippen LogP contribution in [-0.2, 0) is 0 Å². The normalized spacial score (nSPS) is 11.2. The van der Waals surface area contributed by atoms with Crippen molar-refractivity contribution in [1.82, 2.24) is 0 Å². The molecule has 69 heavy (non-hydrogen) atoms. The van der Waals surface area contributed by atoms with Gasteiger partial charge in [-0.1, -0.05) is 249 Å². The lowest BCUT2D eigenvalue weighted by Gasteiger charge is -2.29. The molecule has 324 valence electrons. The van der Waals surface area contributed by atoms with Crippen LogP contribution < -0.4 is 4.90 Å². The van der Waals surface area contributed by atoms with Gasteiger partial charge >= 0.3 is 0 Å². The third-order valence-corrected chi connectivity index (χ3v) is 13.5. The van der Waals surface area contributed by atoms with Crippen LogP contribution in [0.1, 0.15) is 0 Å². The zero-order valence-corrected chi connectivity index (χ0v) is 38.1. The predicted octanol–water partition coefficient (Wildman–Crippen LogP) is 19.1. The van der Waals surface area contributed by atoms with Gasteiger partial charge < -0.3 is 4.90 Å². The molecule has 0 atom stereocenters. The van der Waals surface area contributed by atoms with Crippen molar-refractivity contribution in [1.29, 1.82) is 0 Å². The van der Waals surface area contributed by atoms with E-state index in [1.165, 1.54) is 93.9 Å². The van der Waals surface area contributed by atoms with E-state index in [0.29, 0.717) is 0 Å². The van der Waals surface area contributed by atoms with Gasteiger partial charge in [0.05, 0.1) is 5.69 Å². The Kier molecular flexibility index (Phi) is 11.0. The fourth-order valence-corrected chi connectivity index (χ4v) is 10.2. The highest BCUT2D eigenvalue weighted by Crippen LogP contribution is 2.50. The minimum Gasteiger partial charge on any atom is -0.310 e. The summed E-state index contributed by atoms with van der Waals surface area (Å²) < 4.78 is 0. The van der Waals surface area contributed by atoms with E-state index in [4.69, 9.17) is 0 Å². The largest absolute Gasteiger partial charge is 0.310 e. The lowest BCUT2D eigenvalue weighted by molar-refractivity contribution is 1.30. The second kappa shape index (κ2) is 18.3. The summed E-state index contributed by atoms with van der Waals surface area (Å²) in [6.07, 6.45) is 0. The van der Waals surface area contributed by atoms with Crippen LogP contribution in [0.2, 0.25) is 0 Å². The summed E-state index contributed by atoms with van der Waals surface area (Å²) in [6, 6.07) is 104. The smallest absolute Gasteiger partial charge is 0.0546 e. The molecule has 12 aromatic carbocycles. The molecule has 1 heteroatoms. The monoisotopic (exact) mass is 877 g/mol. The molecule has 0 amide bonds. The van der Waals surface area contributed by atoms with Crippen molar-refractivity contribution in [3.8, 4) is 77.9 Å². The van der Waals surface area contributed by atoms with E-state index >= 15 is 0 Å². The van der Waals surface area contributed by atoms with E-state index in [9.17, 15) is 0 Å². The fourth-order valence-electron chi connectivity index (χ4n) is 10.2. The summed E-state index contributed by atoms with van der Waals surface area (Å²) in [5.74, 6) is 0. The Morgan fingerprint density at radius 1 is 0.203 bits per heavy atom. The molecule has 1 nitrogen and oxygen atoms in total. The van der Waals surface area contributed by atoms with Gasteiger partial charge in [0, 0.05) is 16.8 Å². The number of hydrogen-bond donors (Lipinski definition) is 0. The topological polar surface area (TPSA) is 3.24 Å². The van der Waals surface area contributed by atoms with E-state index < -0.39 is 0 Å². The molecule has 0 radical (unpaired) electrons. The molecule has 0 bridgehead atoms. The maximum Gasteiger partial charge on any atom is 0.0546 e. The molecule has 0 saturated carbocycles. The number of hydrogen-bond acceptors (Lipinski definition) is 1. The Labute approximate surface area is 404 Å². The van der Waals surface area contributed by atoms with Gasteiger partial charge in [-0.3, -0.25) is 0 Å². The van der Waals surface area contributed by atoms with Crippen molar-refractivity contribution in [3.05, 3.63) is 285 Å². The number of fused-ring (bicyclic) bond motifs is 3. The Bertz CT molecular complexity index is 3700. The third kappa shape index (κ3) is 7.97. The molecule has 0 spiro atoms. The highest BCUT2D eigenvalue weighted by Gasteiger charge is 2.23. The van der Waals surface area contributed by atoms with Gasteiger partial charge in [-0.25, -0.2) is 0 Å². The van der Waals surface area contributed by atoms with Crippen LogP contribution in [0.3, 0.4) is 0 Å². The zero-order chi connectivity index (χ0) is 45.9. The quantitative estimate of drug-likeness (QED) is 0.124. The van der Waals surface area contributed by atoms with Crippen LogP contribution in [0.4, 0.5) is 17.1 Å². The first-order valence-corrected chi connectivity index (χ1v) is 23.7. The molecule has 0 aliphatic carbocycles. The van der Waals surface area contributed by atoms with E-state index in [-0.39, 0.29) is 0 Å². The van der Waals surface area contributed by atoms with Gasteiger partial charge in [0.25, 0.3) is 0 Å². The van der Waals surface area contributed by atoms with E-state index in [1.54, 1.807) is 0 Å². The summed E-state index contributed by atoms with van der Waals surface area (Å²) >= 11 is 0. The van der Waals surface area contributed by atoms with Crippen molar-refractivity contribution >= 4 is 38.6 Å². The average molecular weight is 878 g/mol. The molecule has 12 rings (SSSR count). The highest BCUT2D eigenvalue weighted by molar-refractivity contribution is 6.25. The molecule has 0 N–H and O–H groups in total. The second-order valence-corrected chi connectivity index (χ2v) is 17.6. The number of rotatable bonds is 10. The Balaban J connectivity index is 1.04. The standard InChI is InChI=1S/C68H47N/c1-6-19-48(20-7-1)50-33-35-51(36-34-50)52-37-42-58(43-38-52)69(59-44-39-54(40-45-59)60-46-41-57(49-21-8-2-9-22-49)47-64(60)53-23-10-3-11-24-53)65-32-18-31-63-67(56-27-14-5-15-28-56)66(55-25-12-4-13-26-55)61-29-16-17-30-62(61)68(63)65/h1-47H. The molecule has 0 aromatic heterocycles. The molecule has 0 fully saturated rings. The van der Waals surface area contributed by atoms with Crippen molar-refractivity contribution in [2.75, 3.05) is 4.90 Å². The van der Waals surface area contributed by atoms with Crippen molar-refractivity contribution in [2.45, 2.75) is 0 Å². The highest BCUT2D eigenvalue weighted by atomic mass is 15.1. The van der Waals surface area contributed by atoms with Gasteiger partial charge in [-0.15, -0.1) is 0 Å². The predicted molar refractivity (Wildman–Crippen MR) is 294 cm³/mol. The lowest BCUT2D eigenvalue weighted by atomic mass is 9.84. The van der Waals surface area contributed by atoms with E-state index in [1.807, 2.05) is 0 Å². The summed E-state index contributed by atoms with van der Waals surface area (Å²) in [5.41, 5.74) is 20.1. The van der Waals surface area contributed by atoms with Gasteiger partial charge in [0.2, 0.25) is 0 Å². The number of nitrogens with zero attached hydrogens (tertiary/aromatic N) is 1. The molecule has 0 aliphatic rings. The molecule has 0 aliphatic heterocycles. The van der Waals surface area contributed by atoms with Crippen LogP contribution in [-0.4, -0.2) is 0 Å². The summed E-state index contributed by atoms with van der Waals surface area (Å²) in [6.45, 7) is 0. The Hall–Kier alpha value is -9.04. The third-order valence-electron chi connectivity index (χ3n) is 13.5. The van der Waals surface area contributed by atoms with Crippen LogP contribution in [0.15, 0.2) is 285 Å². The van der Waals surface area contributed by atoms with Crippen molar-refractivity contribution in [2.24, 2.45) is 0 Å². The molecular formula is C68H47N. The minimum atomic E-state index is 1.07. The molecule has 0 saturated heterocycles. The van der Waals surface area contributed by atoms with Crippen molar-refractivity contribution < 1.29 is 0 Å². The van der Waals surface area contributed by atoms with E-state index in [0.717, 1.165) is 22.6 Å². The zero-order valence-electron chi connectivity index (χ0n) is 38.1. The summed E-state index contributed by atoms with van der Waals surface area (Å²) in [7, 11) is 0. The summed E-state index contributed by atoms with van der Waals surface area (Å²) in [5, 5.41) is 4.85. The first kappa shape index (κ1) is 41.4. The van der Waals surface area contributed by atoms with Gasteiger partial charge in [-0.05, 0) is 130 Å². The average Bonchev–Trinajstić information content (AvgIpc) is 3.44. The molecule has 0 heterocycles. The first-order chi connectivity index (χ1) is 34.2. The van der Waals surface area contributed by atoms with Gasteiger partial charge in [0.1, 0.15) is 0 Å². The van der Waals surface area contributed by atoms with Crippen LogP contribution in [0.25, 0.3) is 99.4 Å². The number of anilines is 3. The molecule has 0 unspecified atom stereocenters. The minimum absolute atomic E-state index is 1.07. The van der Waals surface area contributed by atoms with Gasteiger partial charge in [-0.2, -0.15) is 0 Å². The van der Waals surface area contributed by atoms with Crippen LogP contribution >= 0.6 is 0 Å². The van der Waals surface area contributed by atoms with Crippen LogP contribution in [0.5, 0.6) is 0 Å². The number of benzene rings is 12. The van der Waals surface area contributed by atoms with E-state index in [2.05, 4.69) is 290 Å². The maximum absolute atomic E-state index is 2.45. The lowest BCUT2D eigenvalue weighted by Crippen LogP contribution is -2.11. The molecule has 12 aromatic rings. The summed E-state index contributed by atoms with van der Waals surface area (Å²) in [4.78, 5) is 2.45. The second-order valence-electron chi connectivity index (χ2n) is 17.6. The maximum atomic E-state index is 2.45. The Morgan fingerprint density at radius 2 is 0.551 bits per heavy atom. The Morgan fingerprint density at radius 3 is 1.07 bits per heavy atom. The fraction of sp³-hybridized carbons (Fsp3) is 0.